The number of amides is 1. The Kier molecular flexibility index (Phi) is 7.33. The van der Waals surface area contributed by atoms with Crippen LogP contribution in [0.3, 0.4) is 0 Å². The fourth-order valence-corrected chi connectivity index (χ4v) is 2.85. The molecule has 0 spiro atoms. The Morgan fingerprint density at radius 2 is 1.09 bits per heavy atom. The molecule has 0 aliphatic rings. The summed E-state index contributed by atoms with van der Waals surface area (Å²) >= 11 is 0. The van der Waals surface area contributed by atoms with Crippen LogP contribution in [0.5, 0.6) is 11.5 Å². The van der Waals surface area contributed by atoms with Crippen LogP contribution in [0.4, 0.5) is 5.69 Å². The standard InChI is InChI=1S/C26H21NO5/c28-21-12-6-18(7-13-21)10-16-23(30)25(26(32)27-20-4-2-1-3-5-20)24(31)17-11-19-8-14-22(29)15-9-19/h1-17,25,28-29H,(H,27,32)/b16-10+,17-11+. The average Bonchev–Trinajstić information content (AvgIpc) is 2.79. The highest BCUT2D eigenvalue weighted by Crippen LogP contribution is 2.15. The Balaban J connectivity index is 1.82. The van der Waals surface area contributed by atoms with E-state index in [4.69, 9.17) is 0 Å². The van der Waals surface area contributed by atoms with E-state index in [-0.39, 0.29) is 11.5 Å². The summed E-state index contributed by atoms with van der Waals surface area (Å²) in [5.41, 5.74) is 1.73. The van der Waals surface area contributed by atoms with Crippen molar-refractivity contribution < 1.29 is 24.6 Å². The molecule has 0 saturated heterocycles. The Labute approximate surface area is 185 Å². The third-order valence-corrected chi connectivity index (χ3v) is 4.54. The Morgan fingerprint density at radius 3 is 1.53 bits per heavy atom. The molecule has 0 saturated carbocycles. The number of rotatable bonds is 8. The van der Waals surface area contributed by atoms with Gasteiger partial charge in [-0.05, 0) is 59.7 Å². The van der Waals surface area contributed by atoms with Crippen molar-refractivity contribution in [3.05, 3.63) is 102 Å². The van der Waals surface area contributed by atoms with Gasteiger partial charge in [0.2, 0.25) is 5.91 Å². The molecule has 1 amide bonds. The van der Waals surface area contributed by atoms with Crippen LogP contribution in [0.25, 0.3) is 12.2 Å². The second kappa shape index (κ2) is 10.5. The van der Waals surface area contributed by atoms with E-state index < -0.39 is 23.4 Å². The summed E-state index contributed by atoms with van der Waals surface area (Å²) in [4.78, 5) is 38.5. The van der Waals surface area contributed by atoms with Crippen LogP contribution >= 0.6 is 0 Å². The predicted octanol–water partition coefficient (Wildman–Crippen LogP) is 4.22. The molecule has 0 atom stereocenters. The molecule has 0 radical (unpaired) electrons. The highest BCUT2D eigenvalue weighted by Gasteiger charge is 2.30. The molecular formula is C26H21NO5. The monoisotopic (exact) mass is 427 g/mol. The van der Waals surface area contributed by atoms with Crippen molar-refractivity contribution in [2.24, 2.45) is 5.92 Å². The zero-order valence-corrected chi connectivity index (χ0v) is 17.0. The van der Waals surface area contributed by atoms with Gasteiger partial charge >= 0.3 is 0 Å². The minimum absolute atomic E-state index is 0.0862. The molecule has 160 valence electrons. The normalized spacial score (nSPS) is 11.2. The minimum atomic E-state index is -1.57. The minimum Gasteiger partial charge on any atom is -0.508 e. The molecule has 0 aliphatic carbocycles. The van der Waals surface area contributed by atoms with E-state index in [1.54, 1.807) is 54.6 Å². The number of benzene rings is 3. The number of phenolic OH excluding ortho intramolecular Hbond substituents is 2. The van der Waals surface area contributed by atoms with Crippen molar-refractivity contribution in [3.8, 4) is 11.5 Å². The lowest BCUT2D eigenvalue weighted by molar-refractivity contribution is -0.134. The predicted molar refractivity (Wildman–Crippen MR) is 123 cm³/mol. The summed E-state index contributed by atoms with van der Waals surface area (Å²) in [6.07, 6.45) is 5.30. The Hall–Kier alpha value is -4.45. The summed E-state index contributed by atoms with van der Waals surface area (Å²) in [6.45, 7) is 0. The van der Waals surface area contributed by atoms with Gasteiger partial charge in [-0.2, -0.15) is 0 Å². The number of para-hydroxylation sites is 1. The van der Waals surface area contributed by atoms with E-state index in [9.17, 15) is 24.6 Å². The first kappa shape index (κ1) is 22.2. The Bertz CT molecular complexity index is 1080. The van der Waals surface area contributed by atoms with E-state index in [0.717, 1.165) is 0 Å². The summed E-state index contributed by atoms with van der Waals surface area (Å²) in [5, 5.41) is 21.3. The molecule has 0 heterocycles. The fourth-order valence-electron chi connectivity index (χ4n) is 2.85. The van der Waals surface area contributed by atoms with E-state index in [1.165, 1.54) is 48.6 Å². The molecule has 3 rings (SSSR count). The van der Waals surface area contributed by atoms with E-state index in [2.05, 4.69) is 5.32 Å². The van der Waals surface area contributed by atoms with E-state index >= 15 is 0 Å². The van der Waals surface area contributed by atoms with Gasteiger partial charge in [0.05, 0.1) is 0 Å². The third kappa shape index (κ3) is 6.27. The molecule has 3 N–H and O–H groups in total. The molecule has 32 heavy (non-hydrogen) atoms. The number of phenols is 2. The maximum absolute atomic E-state index is 12.8. The molecular weight excluding hydrogens is 406 g/mol. The topological polar surface area (TPSA) is 104 Å². The van der Waals surface area contributed by atoms with E-state index in [0.29, 0.717) is 16.8 Å². The van der Waals surface area contributed by atoms with Crippen molar-refractivity contribution in [2.45, 2.75) is 0 Å². The average molecular weight is 427 g/mol. The van der Waals surface area contributed by atoms with Gasteiger partial charge in [0.15, 0.2) is 17.5 Å². The Morgan fingerprint density at radius 1 is 0.656 bits per heavy atom. The molecule has 3 aromatic carbocycles. The maximum atomic E-state index is 12.8. The highest BCUT2D eigenvalue weighted by atomic mass is 16.3. The first-order chi connectivity index (χ1) is 15.4. The van der Waals surface area contributed by atoms with Crippen LogP contribution in [0.1, 0.15) is 11.1 Å². The van der Waals surface area contributed by atoms with Gasteiger partial charge in [0.25, 0.3) is 0 Å². The van der Waals surface area contributed by atoms with Crippen LogP contribution in [-0.4, -0.2) is 27.7 Å². The van der Waals surface area contributed by atoms with Gasteiger partial charge in [-0.15, -0.1) is 0 Å². The summed E-state index contributed by atoms with van der Waals surface area (Å²) in [7, 11) is 0. The van der Waals surface area contributed by atoms with Crippen molar-refractivity contribution >= 4 is 35.3 Å². The van der Waals surface area contributed by atoms with Gasteiger partial charge in [0, 0.05) is 5.69 Å². The molecule has 3 aromatic rings. The number of hydrogen-bond acceptors (Lipinski definition) is 5. The largest absolute Gasteiger partial charge is 0.508 e. The number of hydrogen-bond donors (Lipinski definition) is 3. The quantitative estimate of drug-likeness (QED) is 0.369. The maximum Gasteiger partial charge on any atom is 0.243 e. The molecule has 0 unspecified atom stereocenters. The van der Waals surface area contributed by atoms with Gasteiger partial charge in [-0.3, -0.25) is 14.4 Å². The number of carbonyl (C=O) groups is 3. The first-order valence-electron chi connectivity index (χ1n) is 9.80. The first-order valence-corrected chi connectivity index (χ1v) is 9.80. The van der Waals surface area contributed by atoms with Crippen molar-refractivity contribution in [2.75, 3.05) is 5.32 Å². The van der Waals surface area contributed by atoms with Crippen LogP contribution in [0.2, 0.25) is 0 Å². The second-order valence-electron chi connectivity index (χ2n) is 6.94. The molecule has 6 nitrogen and oxygen atoms in total. The molecule has 6 heteroatoms. The highest BCUT2D eigenvalue weighted by molar-refractivity contribution is 6.28. The lowest BCUT2D eigenvalue weighted by Crippen LogP contribution is -2.34. The van der Waals surface area contributed by atoms with Crippen LogP contribution < -0.4 is 5.32 Å². The zero-order chi connectivity index (χ0) is 22.9. The van der Waals surface area contributed by atoms with Crippen LogP contribution in [-0.2, 0) is 14.4 Å². The number of ketones is 2. The van der Waals surface area contributed by atoms with Crippen LogP contribution in [0.15, 0.2) is 91.0 Å². The van der Waals surface area contributed by atoms with Crippen LogP contribution in [0, 0.1) is 5.92 Å². The molecule has 0 fully saturated rings. The number of nitrogens with one attached hydrogen (secondary N) is 1. The lowest BCUT2D eigenvalue weighted by atomic mass is 9.95. The molecule has 0 aromatic heterocycles. The zero-order valence-electron chi connectivity index (χ0n) is 17.0. The van der Waals surface area contributed by atoms with E-state index in [1.807, 2.05) is 0 Å². The lowest BCUT2D eigenvalue weighted by Gasteiger charge is -2.12. The summed E-state index contributed by atoms with van der Waals surface area (Å²) in [5.74, 6) is -3.49. The number of allylic oxidation sites excluding steroid dienone is 2. The fraction of sp³-hybridized carbons (Fsp3) is 0.0385. The number of aromatic hydroxyl groups is 2. The number of carbonyl (C=O) groups excluding carboxylic acids is 3. The van der Waals surface area contributed by atoms with Gasteiger partial charge in [-0.1, -0.05) is 54.6 Å². The molecule has 0 aliphatic heterocycles. The van der Waals surface area contributed by atoms with Gasteiger partial charge in [-0.25, -0.2) is 0 Å². The second-order valence-corrected chi connectivity index (χ2v) is 6.94. The summed E-state index contributed by atoms with van der Waals surface area (Å²) in [6, 6.07) is 20.8. The van der Waals surface area contributed by atoms with Crippen molar-refractivity contribution in [1.29, 1.82) is 0 Å². The SMILES string of the molecule is O=C(/C=C/c1ccc(O)cc1)C(C(=O)/C=C/c1ccc(O)cc1)C(=O)Nc1ccccc1. The third-order valence-electron chi connectivity index (χ3n) is 4.54. The van der Waals surface area contributed by atoms with Gasteiger partial charge < -0.3 is 15.5 Å². The smallest absolute Gasteiger partial charge is 0.243 e. The van der Waals surface area contributed by atoms with Gasteiger partial charge in [0.1, 0.15) is 11.5 Å². The van der Waals surface area contributed by atoms with Crippen molar-refractivity contribution in [3.63, 3.8) is 0 Å². The number of anilines is 1. The molecule has 0 bridgehead atoms. The van der Waals surface area contributed by atoms with Crippen molar-refractivity contribution in [1.82, 2.24) is 0 Å². The summed E-state index contributed by atoms with van der Waals surface area (Å²) < 4.78 is 0.